The average Bonchev–Trinajstić information content (AvgIpc) is 2.27. The standard InChI is InChI=1S/C13H24O4/c1-4-6-10(7-5-2)11(8-12(14)15)9-13(16)17-3/h10-11H,4-9H2,1-3H3,(H,14,15). The summed E-state index contributed by atoms with van der Waals surface area (Å²) in [6, 6.07) is 0. The molecular weight excluding hydrogens is 220 g/mol. The van der Waals surface area contributed by atoms with Gasteiger partial charge in [0.05, 0.1) is 7.11 Å². The summed E-state index contributed by atoms with van der Waals surface area (Å²) in [7, 11) is 1.34. The van der Waals surface area contributed by atoms with Crippen LogP contribution in [0.4, 0.5) is 0 Å². The molecule has 0 heterocycles. The third-order valence-corrected chi connectivity index (χ3v) is 3.08. The zero-order valence-corrected chi connectivity index (χ0v) is 11.1. The average molecular weight is 244 g/mol. The lowest BCUT2D eigenvalue weighted by atomic mass is 9.81. The maximum absolute atomic E-state index is 11.3. The van der Waals surface area contributed by atoms with Gasteiger partial charge in [0.15, 0.2) is 0 Å². The molecule has 0 aliphatic carbocycles. The van der Waals surface area contributed by atoms with Crippen molar-refractivity contribution in [3.05, 3.63) is 0 Å². The lowest BCUT2D eigenvalue weighted by molar-refractivity contribution is -0.144. The van der Waals surface area contributed by atoms with Crippen LogP contribution in [0.3, 0.4) is 0 Å². The van der Waals surface area contributed by atoms with Crippen LogP contribution >= 0.6 is 0 Å². The summed E-state index contributed by atoms with van der Waals surface area (Å²) in [5, 5.41) is 8.90. The van der Waals surface area contributed by atoms with Gasteiger partial charge >= 0.3 is 11.9 Å². The molecule has 1 N–H and O–H groups in total. The quantitative estimate of drug-likeness (QED) is 0.633. The molecule has 17 heavy (non-hydrogen) atoms. The van der Waals surface area contributed by atoms with Crippen LogP contribution in [0.25, 0.3) is 0 Å². The second-order valence-electron chi connectivity index (χ2n) is 4.48. The van der Waals surface area contributed by atoms with Crippen molar-refractivity contribution in [3.63, 3.8) is 0 Å². The molecule has 4 nitrogen and oxygen atoms in total. The SMILES string of the molecule is CCCC(CCC)C(CC(=O)O)CC(=O)OC. The minimum Gasteiger partial charge on any atom is -0.481 e. The number of carboxylic acids is 1. The van der Waals surface area contributed by atoms with Gasteiger partial charge in [0.1, 0.15) is 0 Å². The van der Waals surface area contributed by atoms with Crippen molar-refractivity contribution in [2.24, 2.45) is 11.8 Å². The minimum atomic E-state index is -0.837. The maximum atomic E-state index is 11.3. The van der Waals surface area contributed by atoms with Gasteiger partial charge in [-0.15, -0.1) is 0 Å². The van der Waals surface area contributed by atoms with Crippen LogP contribution in [-0.4, -0.2) is 24.2 Å². The van der Waals surface area contributed by atoms with Crippen LogP contribution in [0.15, 0.2) is 0 Å². The lowest BCUT2D eigenvalue weighted by Gasteiger charge is -2.24. The lowest BCUT2D eigenvalue weighted by Crippen LogP contribution is -2.22. The maximum Gasteiger partial charge on any atom is 0.305 e. The van der Waals surface area contributed by atoms with E-state index in [-0.39, 0.29) is 24.7 Å². The summed E-state index contributed by atoms with van der Waals surface area (Å²) >= 11 is 0. The normalized spacial score (nSPS) is 12.5. The Morgan fingerprint density at radius 2 is 1.59 bits per heavy atom. The zero-order valence-electron chi connectivity index (χ0n) is 11.1. The van der Waals surface area contributed by atoms with E-state index in [9.17, 15) is 9.59 Å². The molecule has 1 atom stereocenters. The highest BCUT2D eigenvalue weighted by molar-refractivity contribution is 5.72. The van der Waals surface area contributed by atoms with E-state index in [0.717, 1.165) is 25.7 Å². The zero-order chi connectivity index (χ0) is 13.3. The molecule has 0 aromatic carbocycles. The molecule has 0 fully saturated rings. The van der Waals surface area contributed by atoms with Gasteiger partial charge in [-0.05, 0) is 11.8 Å². The van der Waals surface area contributed by atoms with Crippen LogP contribution in [-0.2, 0) is 14.3 Å². The molecule has 0 saturated heterocycles. The number of carbonyl (C=O) groups is 2. The first kappa shape index (κ1) is 15.9. The number of methoxy groups -OCH3 is 1. The first-order valence-electron chi connectivity index (χ1n) is 6.33. The Hall–Kier alpha value is -1.06. The van der Waals surface area contributed by atoms with Crippen molar-refractivity contribution in [3.8, 4) is 0 Å². The molecular formula is C13H24O4. The largest absolute Gasteiger partial charge is 0.481 e. The Kier molecular flexibility index (Phi) is 8.46. The van der Waals surface area contributed by atoms with Crippen LogP contribution in [0.5, 0.6) is 0 Å². The number of hydrogen-bond donors (Lipinski definition) is 1. The third kappa shape index (κ3) is 6.97. The summed E-state index contributed by atoms with van der Waals surface area (Å²) in [5.74, 6) is -0.940. The molecule has 0 amide bonds. The van der Waals surface area contributed by atoms with E-state index in [4.69, 9.17) is 5.11 Å². The van der Waals surface area contributed by atoms with Gasteiger partial charge in [0.2, 0.25) is 0 Å². The topological polar surface area (TPSA) is 63.6 Å². The fourth-order valence-corrected chi connectivity index (χ4v) is 2.28. The van der Waals surface area contributed by atoms with E-state index >= 15 is 0 Å². The van der Waals surface area contributed by atoms with Crippen molar-refractivity contribution in [1.29, 1.82) is 0 Å². The number of carbonyl (C=O) groups excluding carboxylic acids is 1. The molecule has 0 spiro atoms. The Bertz CT molecular complexity index is 232. The summed E-state index contributed by atoms with van der Waals surface area (Å²) in [5.41, 5.74) is 0. The smallest absolute Gasteiger partial charge is 0.305 e. The fourth-order valence-electron chi connectivity index (χ4n) is 2.28. The van der Waals surface area contributed by atoms with Crippen molar-refractivity contribution in [1.82, 2.24) is 0 Å². The van der Waals surface area contributed by atoms with Gasteiger partial charge in [0.25, 0.3) is 0 Å². The van der Waals surface area contributed by atoms with Gasteiger partial charge in [-0.3, -0.25) is 9.59 Å². The van der Waals surface area contributed by atoms with E-state index in [0.29, 0.717) is 5.92 Å². The number of rotatable bonds is 9. The van der Waals surface area contributed by atoms with Gasteiger partial charge in [0, 0.05) is 12.8 Å². The Morgan fingerprint density at radius 1 is 1.06 bits per heavy atom. The van der Waals surface area contributed by atoms with E-state index in [1.165, 1.54) is 7.11 Å². The van der Waals surface area contributed by atoms with Crippen LogP contribution in [0, 0.1) is 11.8 Å². The van der Waals surface area contributed by atoms with E-state index in [1.54, 1.807) is 0 Å². The molecule has 0 rings (SSSR count). The van der Waals surface area contributed by atoms with Crippen LogP contribution < -0.4 is 0 Å². The molecule has 1 unspecified atom stereocenters. The minimum absolute atomic E-state index is 0.0553. The van der Waals surface area contributed by atoms with Crippen molar-refractivity contribution >= 4 is 11.9 Å². The predicted molar refractivity (Wildman–Crippen MR) is 65.7 cm³/mol. The summed E-state index contributed by atoms with van der Waals surface area (Å²) in [6.07, 6.45) is 4.25. The summed E-state index contributed by atoms with van der Waals surface area (Å²) in [6.45, 7) is 4.16. The highest BCUT2D eigenvalue weighted by Crippen LogP contribution is 2.28. The molecule has 0 aliphatic heterocycles. The van der Waals surface area contributed by atoms with Crippen LogP contribution in [0.1, 0.15) is 52.4 Å². The van der Waals surface area contributed by atoms with Crippen molar-refractivity contribution in [2.45, 2.75) is 52.4 Å². The van der Waals surface area contributed by atoms with Crippen molar-refractivity contribution in [2.75, 3.05) is 7.11 Å². The molecule has 100 valence electrons. The first-order valence-corrected chi connectivity index (χ1v) is 6.33. The highest BCUT2D eigenvalue weighted by Gasteiger charge is 2.25. The first-order chi connectivity index (χ1) is 8.04. The Balaban J connectivity index is 4.58. The molecule has 0 aromatic rings. The van der Waals surface area contributed by atoms with Crippen LogP contribution in [0.2, 0.25) is 0 Å². The molecule has 0 bridgehead atoms. The number of ether oxygens (including phenoxy) is 1. The predicted octanol–water partition coefficient (Wildman–Crippen LogP) is 2.86. The Labute approximate surface area is 103 Å². The summed E-state index contributed by atoms with van der Waals surface area (Å²) in [4.78, 5) is 22.1. The molecule has 4 heteroatoms. The summed E-state index contributed by atoms with van der Waals surface area (Å²) < 4.78 is 4.64. The van der Waals surface area contributed by atoms with Crippen molar-refractivity contribution < 1.29 is 19.4 Å². The van der Waals surface area contributed by atoms with E-state index in [2.05, 4.69) is 18.6 Å². The second-order valence-corrected chi connectivity index (χ2v) is 4.48. The van der Waals surface area contributed by atoms with Gasteiger partial charge in [-0.2, -0.15) is 0 Å². The second kappa shape index (κ2) is 9.02. The molecule has 0 aromatic heterocycles. The van der Waals surface area contributed by atoms with E-state index in [1.807, 2.05) is 0 Å². The van der Waals surface area contributed by atoms with Gasteiger partial charge < -0.3 is 9.84 Å². The number of aliphatic carboxylic acids is 1. The fraction of sp³-hybridized carbons (Fsp3) is 0.846. The molecule has 0 saturated carbocycles. The number of hydrogen-bond acceptors (Lipinski definition) is 3. The van der Waals surface area contributed by atoms with Gasteiger partial charge in [-0.25, -0.2) is 0 Å². The molecule has 0 aliphatic rings. The Morgan fingerprint density at radius 3 is 1.94 bits per heavy atom. The van der Waals surface area contributed by atoms with E-state index < -0.39 is 5.97 Å². The monoisotopic (exact) mass is 244 g/mol. The highest BCUT2D eigenvalue weighted by atomic mass is 16.5. The number of esters is 1. The molecule has 0 radical (unpaired) electrons. The number of carboxylic acid groups (broad SMARTS) is 1. The third-order valence-electron chi connectivity index (χ3n) is 3.08. The van der Waals surface area contributed by atoms with Gasteiger partial charge in [-0.1, -0.05) is 39.5 Å².